The summed E-state index contributed by atoms with van der Waals surface area (Å²) in [4.78, 5) is 11.8. The van der Waals surface area contributed by atoms with E-state index in [-0.39, 0.29) is 23.6 Å². The van der Waals surface area contributed by atoms with E-state index in [4.69, 9.17) is 4.52 Å². The van der Waals surface area contributed by atoms with Gasteiger partial charge in [0.05, 0.1) is 13.0 Å². The van der Waals surface area contributed by atoms with Gasteiger partial charge in [0.1, 0.15) is 11.3 Å². The van der Waals surface area contributed by atoms with Gasteiger partial charge in [0.2, 0.25) is 0 Å². The van der Waals surface area contributed by atoms with Crippen LogP contribution in [-0.2, 0) is 4.74 Å². The summed E-state index contributed by atoms with van der Waals surface area (Å²) in [7, 11) is 1.20. The van der Waals surface area contributed by atoms with Gasteiger partial charge in [-0.05, 0) is 18.8 Å². The fraction of sp³-hybridized carbons (Fsp3) is 0.692. The van der Waals surface area contributed by atoms with Crippen molar-refractivity contribution in [3.8, 4) is 0 Å². The van der Waals surface area contributed by atoms with E-state index in [0.29, 0.717) is 11.7 Å². The van der Waals surface area contributed by atoms with Crippen LogP contribution in [0.1, 0.15) is 53.4 Å². The molecular weight excluding hydrogens is 275 g/mol. The highest BCUT2D eigenvalue weighted by Gasteiger charge is 2.59. The van der Waals surface area contributed by atoms with Crippen LogP contribution in [0.4, 0.5) is 13.2 Å². The van der Waals surface area contributed by atoms with E-state index < -0.39 is 24.0 Å². The molecule has 0 spiro atoms. The van der Waals surface area contributed by atoms with Gasteiger partial charge in [-0.1, -0.05) is 12.1 Å². The van der Waals surface area contributed by atoms with Crippen molar-refractivity contribution in [1.82, 2.24) is 5.16 Å². The molecule has 2 aliphatic carbocycles. The summed E-state index contributed by atoms with van der Waals surface area (Å²) in [5.41, 5.74) is 0.215. The first-order chi connectivity index (χ1) is 9.34. The molecule has 1 aromatic rings. The highest BCUT2D eigenvalue weighted by Crippen LogP contribution is 2.58. The fourth-order valence-corrected chi connectivity index (χ4v) is 2.68. The Morgan fingerprint density at radius 2 is 2.00 bits per heavy atom. The van der Waals surface area contributed by atoms with Gasteiger partial charge in [0.25, 0.3) is 0 Å². The molecule has 2 aliphatic rings. The second-order valence-electron chi connectivity index (χ2n) is 5.61. The molecule has 3 unspecified atom stereocenters. The number of hydrogen-bond acceptors (Lipinski definition) is 4. The smallest absolute Gasteiger partial charge is 0.392 e. The minimum absolute atomic E-state index is 0.0420. The van der Waals surface area contributed by atoms with E-state index in [1.165, 1.54) is 7.11 Å². The predicted octanol–water partition coefficient (Wildman–Crippen LogP) is 3.25. The van der Waals surface area contributed by atoms with E-state index in [2.05, 4.69) is 9.89 Å². The maximum Gasteiger partial charge on any atom is 0.392 e. The second kappa shape index (κ2) is 4.23. The molecule has 2 fully saturated rings. The van der Waals surface area contributed by atoms with Crippen molar-refractivity contribution < 1.29 is 27.2 Å². The SMILES string of the molecule is COC(=O)c1c(C2CC2C(F)(F)F)noc1C1C[C@@H]1C. The molecule has 110 valence electrons. The van der Waals surface area contributed by atoms with Crippen molar-refractivity contribution in [2.45, 2.75) is 37.8 Å². The Bertz CT molecular complexity index is 552. The first kappa shape index (κ1) is 13.5. The molecule has 0 aromatic carbocycles. The Morgan fingerprint density at radius 3 is 2.45 bits per heavy atom. The summed E-state index contributed by atoms with van der Waals surface area (Å²) in [6.07, 6.45) is -3.45. The molecule has 7 heteroatoms. The molecule has 0 amide bonds. The van der Waals surface area contributed by atoms with Gasteiger partial charge in [0, 0.05) is 11.8 Å². The molecule has 0 N–H and O–H groups in total. The lowest BCUT2D eigenvalue weighted by Crippen LogP contribution is -2.13. The minimum Gasteiger partial charge on any atom is -0.465 e. The number of rotatable bonds is 3. The van der Waals surface area contributed by atoms with Gasteiger partial charge in [-0.2, -0.15) is 13.2 Å². The number of ether oxygens (including phenoxy) is 1. The van der Waals surface area contributed by atoms with Gasteiger partial charge >= 0.3 is 12.1 Å². The van der Waals surface area contributed by atoms with Crippen molar-refractivity contribution in [3.05, 3.63) is 17.0 Å². The van der Waals surface area contributed by atoms with Crippen LogP contribution in [0.3, 0.4) is 0 Å². The molecule has 0 radical (unpaired) electrons. The predicted molar refractivity (Wildman–Crippen MR) is 61.3 cm³/mol. The van der Waals surface area contributed by atoms with Crippen molar-refractivity contribution in [2.75, 3.05) is 7.11 Å². The van der Waals surface area contributed by atoms with Crippen molar-refractivity contribution in [2.24, 2.45) is 11.8 Å². The number of carbonyl (C=O) groups excluding carboxylic acids is 1. The Kier molecular flexibility index (Phi) is 2.85. The molecule has 3 rings (SSSR count). The first-order valence-corrected chi connectivity index (χ1v) is 6.49. The number of nitrogens with zero attached hydrogens (tertiary/aromatic N) is 1. The van der Waals surface area contributed by atoms with Gasteiger partial charge in [-0.3, -0.25) is 0 Å². The molecule has 0 aliphatic heterocycles. The zero-order valence-electron chi connectivity index (χ0n) is 11.0. The Hall–Kier alpha value is -1.53. The lowest BCUT2D eigenvalue weighted by atomic mass is 10.1. The number of esters is 1. The lowest BCUT2D eigenvalue weighted by Gasteiger charge is -2.04. The molecule has 20 heavy (non-hydrogen) atoms. The largest absolute Gasteiger partial charge is 0.465 e. The zero-order chi connectivity index (χ0) is 14.7. The van der Waals surface area contributed by atoms with Crippen LogP contribution < -0.4 is 0 Å². The van der Waals surface area contributed by atoms with E-state index in [1.807, 2.05) is 6.92 Å². The quantitative estimate of drug-likeness (QED) is 0.801. The second-order valence-corrected chi connectivity index (χ2v) is 5.61. The maximum absolute atomic E-state index is 12.7. The number of halogens is 3. The zero-order valence-corrected chi connectivity index (χ0v) is 11.0. The summed E-state index contributed by atoms with van der Waals surface area (Å²) in [6, 6.07) is 0. The van der Waals surface area contributed by atoms with Crippen LogP contribution in [0.25, 0.3) is 0 Å². The number of hydrogen-bond donors (Lipinski definition) is 0. The molecule has 4 atom stereocenters. The van der Waals surface area contributed by atoms with Crippen molar-refractivity contribution in [1.29, 1.82) is 0 Å². The fourth-order valence-electron chi connectivity index (χ4n) is 2.68. The normalized spacial score (nSPS) is 32.0. The Morgan fingerprint density at radius 1 is 1.35 bits per heavy atom. The van der Waals surface area contributed by atoms with Crippen molar-refractivity contribution in [3.63, 3.8) is 0 Å². The summed E-state index contributed by atoms with van der Waals surface area (Å²) < 4.78 is 47.8. The van der Waals surface area contributed by atoms with Crippen LogP contribution in [-0.4, -0.2) is 24.4 Å². The number of alkyl halides is 3. The lowest BCUT2D eigenvalue weighted by molar-refractivity contribution is -0.148. The van der Waals surface area contributed by atoms with Crippen LogP contribution in [0, 0.1) is 11.8 Å². The maximum atomic E-state index is 12.7. The Labute approximate surface area is 113 Å². The number of aromatic nitrogens is 1. The summed E-state index contributed by atoms with van der Waals surface area (Å²) in [5, 5.41) is 3.73. The van der Waals surface area contributed by atoms with E-state index in [0.717, 1.165) is 6.42 Å². The van der Waals surface area contributed by atoms with Gasteiger partial charge in [-0.15, -0.1) is 0 Å². The van der Waals surface area contributed by atoms with E-state index in [1.54, 1.807) is 0 Å². The third kappa shape index (κ3) is 2.09. The summed E-state index contributed by atoms with van der Waals surface area (Å²) in [6.45, 7) is 1.99. The molecular formula is C13H14F3NO3. The summed E-state index contributed by atoms with van der Waals surface area (Å²) in [5.74, 6) is -2.07. The van der Waals surface area contributed by atoms with Crippen molar-refractivity contribution >= 4 is 5.97 Å². The molecule has 0 bridgehead atoms. The molecule has 1 aromatic heterocycles. The van der Waals surface area contributed by atoms with Crippen LogP contribution >= 0.6 is 0 Å². The van der Waals surface area contributed by atoms with Crippen LogP contribution in [0.5, 0.6) is 0 Å². The van der Waals surface area contributed by atoms with E-state index in [9.17, 15) is 18.0 Å². The molecule has 4 nitrogen and oxygen atoms in total. The highest BCUT2D eigenvalue weighted by molar-refractivity contribution is 5.92. The van der Waals surface area contributed by atoms with Gasteiger partial charge in [0.15, 0.2) is 5.76 Å². The topological polar surface area (TPSA) is 52.3 Å². The molecule has 0 saturated heterocycles. The first-order valence-electron chi connectivity index (χ1n) is 6.49. The summed E-state index contributed by atoms with van der Waals surface area (Å²) >= 11 is 0. The standard InChI is InChI=1S/C13H14F3NO3/c1-5-3-6(5)11-9(12(18)19-2)10(17-20-11)7-4-8(7)13(14,15)16/h5-8H,3-4H2,1-2H3/t5-,6?,7?,8?/m0/s1. The highest BCUT2D eigenvalue weighted by atomic mass is 19.4. The monoisotopic (exact) mass is 289 g/mol. The third-order valence-electron chi connectivity index (χ3n) is 4.14. The number of carbonyl (C=O) groups is 1. The van der Waals surface area contributed by atoms with E-state index >= 15 is 0 Å². The number of methoxy groups -OCH3 is 1. The average Bonchev–Trinajstić information content (AvgIpc) is 3.27. The van der Waals surface area contributed by atoms with Gasteiger partial charge < -0.3 is 9.26 Å². The van der Waals surface area contributed by atoms with Crippen LogP contribution in [0.2, 0.25) is 0 Å². The molecule has 1 heterocycles. The Balaban J connectivity index is 1.92. The van der Waals surface area contributed by atoms with Crippen LogP contribution in [0.15, 0.2) is 4.52 Å². The minimum atomic E-state index is -4.26. The molecule has 2 saturated carbocycles. The average molecular weight is 289 g/mol. The third-order valence-corrected chi connectivity index (χ3v) is 4.14. The van der Waals surface area contributed by atoms with Gasteiger partial charge in [-0.25, -0.2) is 4.79 Å².